The summed E-state index contributed by atoms with van der Waals surface area (Å²) in [5.74, 6) is 0. The quantitative estimate of drug-likeness (QED) is 0.550. The molecule has 0 aliphatic carbocycles. The van der Waals surface area contributed by atoms with Gasteiger partial charge in [-0.2, -0.15) is 30.0 Å². The van der Waals surface area contributed by atoms with Gasteiger partial charge in [0, 0.05) is 0 Å². The Bertz CT molecular complexity index is 736. The Morgan fingerprint density at radius 3 is 1.52 bits per heavy atom. The Labute approximate surface area is 146 Å². The Hall–Kier alpha value is -1.17. The van der Waals surface area contributed by atoms with E-state index in [-0.39, 0.29) is 11.0 Å². The van der Waals surface area contributed by atoms with Gasteiger partial charge in [0.25, 0.3) is 10.1 Å². The van der Waals surface area contributed by atoms with Crippen LogP contribution in [-0.4, -0.2) is 34.6 Å². The SMILES string of the molecule is CC(C)OS(=O)(=O)C(F)(F)F.Cc1ccc(S(=O)(=O)OC(C)C)cc1. The molecular formula is C14H21F3O6S2. The largest absolute Gasteiger partial charge is 0.523 e. The predicted molar refractivity (Wildman–Crippen MR) is 85.8 cm³/mol. The van der Waals surface area contributed by atoms with E-state index in [1.54, 1.807) is 38.1 Å². The molecule has 1 rings (SSSR count). The van der Waals surface area contributed by atoms with E-state index in [1.165, 1.54) is 13.8 Å². The van der Waals surface area contributed by atoms with Gasteiger partial charge in [-0.05, 0) is 46.8 Å². The van der Waals surface area contributed by atoms with Crippen LogP contribution in [0.2, 0.25) is 0 Å². The van der Waals surface area contributed by atoms with Crippen LogP contribution in [0.25, 0.3) is 0 Å². The molecule has 146 valence electrons. The molecule has 0 unspecified atom stereocenters. The molecule has 0 spiro atoms. The van der Waals surface area contributed by atoms with Crippen molar-refractivity contribution in [2.45, 2.75) is 57.2 Å². The van der Waals surface area contributed by atoms with Gasteiger partial charge in [0.1, 0.15) is 0 Å². The molecule has 6 nitrogen and oxygen atoms in total. The summed E-state index contributed by atoms with van der Waals surface area (Å²) >= 11 is 0. The number of benzene rings is 1. The van der Waals surface area contributed by atoms with Crippen molar-refractivity contribution in [1.29, 1.82) is 0 Å². The Kier molecular flexibility index (Phi) is 8.55. The van der Waals surface area contributed by atoms with E-state index in [2.05, 4.69) is 4.18 Å². The van der Waals surface area contributed by atoms with Crippen LogP contribution in [-0.2, 0) is 28.6 Å². The van der Waals surface area contributed by atoms with Crippen molar-refractivity contribution in [1.82, 2.24) is 0 Å². The number of hydrogen-bond donors (Lipinski definition) is 0. The average molecular weight is 406 g/mol. The average Bonchev–Trinajstić information content (AvgIpc) is 2.35. The molecule has 0 aliphatic heterocycles. The Balaban J connectivity index is 0.000000477. The van der Waals surface area contributed by atoms with Crippen molar-refractivity contribution >= 4 is 20.2 Å². The van der Waals surface area contributed by atoms with E-state index in [4.69, 9.17) is 4.18 Å². The van der Waals surface area contributed by atoms with E-state index in [1.807, 2.05) is 6.92 Å². The Morgan fingerprint density at radius 1 is 0.840 bits per heavy atom. The summed E-state index contributed by atoms with van der Waals surface area (Å²) in [6, 6.07) is 6.59. The number of rotatable bonds is 5. The number of halogens is 3. The minimum atomic E-state index is -5.40. The van der Waals surface area contributed by atoms with Crippen LogP contribution in [0.4, 0.5) is 13.2 Å². The van der Waals surface area contributed by atoms with Gasteiger partial charge in [-0.1, -0.05) is 17.7 Å². The van der Waals surface area contributed by atoms with Gasteiger partial charge in [-0.25, -0.2) is 0 Å². The second kappa shape index (κ2) is 8.97. The van der Waals surface area contributed by atoms with Gasteiger partial charge in [0.2, 0.25) is 0 Å². The van der Waals surface area contributed by atoms with E-state index in [0.717, 1.165) is 5.56 Å². The van der Waals surface area contributed by atoms with Gasteiger partial charge in [-0.3, -0.25) is 8.37 Å². The van der Waals surface area contributed by atoms with Crippen LogP contribution < -0.4 is 0 Å². The highest BCUT2D eigenvalue weighted by atomic mass is 32.2. The Morgan fingerprint density at radius 2 is 1.24 bits per heavy atom. The lowest BCUT2D eigenvalue weighted by Gasteiger charge is -2.09. The van der Waals surface area contributed by atoms with E-state index in [9.17, 15) is 30.0 Å². The second-order valence-electron chi connectivity index (χ2n) is 5.46. The maximum atomic E-state index is 11.5. The maximum absolute atomic E-state index is 11.5. The summed E-state index contributed by atoms with van der Waals surface area (Å²) in [6.45, 7) is 7.67. The maximum Gasteiger partial charge on any atom is 0.523 e. The fourth-order valence-electron chi connectivity index (χ4n) is 1.32. The molecule has 1 aromatic carbocycles. The lowest BCUT2D eigenvalue weighted by atomic mass is 10.2. The lowest BCUT2D eigenvalue weighted by Crippen LogP contribution is -2.27. The zero-order valence-electron chi connectivity index (χ0n) is 14.4. The molecule has 0 heterocycles. The lowest BCUT2D eigenvalue weighted by molar-refractivity contribution is -0.0563. The normalized spacial score (nSPS) is 12.9. The van der Waals surface area contributed by atoms with Crippen LogP contribution in [0.15, 0.2) is 29.2 Å². The highest BCUT2D eigenvalue weighted by Crippen LogP contribution is 2.25. The molecule has 0 bridgehead atoms. The molecule has 0 fully saturated rings. The van der Waals surface area contributed by atoms with E-state index >= 15 is 0 Å². The molecular weight excluding hydrogens is 385 g/mol. The number of aryl methyl sites for hydroxylation is 1. The highest BCUT2D eigenvalue weighted by molar-refractivity contribution is 7.87. The molecule has 0 saturated carbocycles. The summed E-state index contributed by atoms with van der Waals surface area (Å²) in [5, 5.41) is 0. The van der Waals surface area contributed by atoms with Crippen LogP contribution in [0.3, 0.4) is 0 Å². The van der Waals surface area contributed by atoms with Crippen molar-refractivity contribution in [3.8, 4) is 0 Å². The summed E-state index contributed by atoms with van der Waals surface area (Å²) in [5.41, 5.74) is -4.30. The fourth-order valence-corrected chi connectivity index (χ4v) is 3.02. The fraction of sp³-hybridized carbons (Fsp3) is 0.571. The molecule has 0 atom stereocenters. The minimum absolute atomic E-state index is 0.205. The third-order valence-electron chi connectivity index (χ3n) is 2.23. The second-order valence-corrected chi connectivity index (χ2v) is 8.59. The van der Waals surface area contributed by atoms with Crippen LogP contribution in [0.5, 0.6) is 0 Å². The monoisotopic (exact) mass is 406 g/mol. The van der Waals surface area contributed by atoms with Crippen molar-refractivity contribution in [3.63, 3.8) is 0 Å². The topological polar surface area (TPSA) is 86.7 Å². The third kappa shape index (κ3) is 8.66. The molecule has 0 amide bonds. The number of hydrogen-bond acceptors (Lipinski definition) is 6. The zero-order valence-corrected chi connectivity index (χ0v) is 16.0. The van der Waals surface area contributed by atoms with Gasteiger partial charge in [0.15, 0.2) is 0 Å². The van der Waals surface area contributed by atoms with Crippen LogP contribution >= 0.6 is 0 Å². The molecule has 1 aromatic rings. The third-order valence-corrected chi connectivity index (χ3v) is 4.92. The van der Waals surface area contributed by atoms with Gasteiger partial charge < -0.3 is 0 Å². The molecule has 0 radical (unpaired) electrons. The first kappa shape index (κ1) is 23.8. The molecule has 0 aliphatic rings. The summed E-state index contributed by atoms with van der Waals surface area (Å²) in [7, 11) is -8.97. The summed E-state index contributed by atoms with van der Waals surface area (Å²) in [6.07, 6.45) is -1.33. The molecule has 0 saturated heterocycles. The first-order chi connectivity index (χ1) is 11.1. The van der Waals surface area contributed by atoms with Crippen molar-refractivity contribution in [2.75, 3.05) is 0 Å². The standard InChI is InChI=1S/C10H14O3S.C4H7F3O3S/c1-8(2)13-14(11,12)10-6-4-9(3)5-7-10;1-3(2)10-11(8,9)4(5,6)7/h4-8H,1-3H3;3H,1-2H3. The van der Waals surface area contributed by atoms with Gasteiger partial charge in [-0.15, -0.1) is 0 Å². The van der Waals surface area contributed by atoms with Crippen molar-refractivity contribution in [2.24, 2.45) is 0 Å². The highest BCUT2D eigenvalue weighted by Gasteiger charge is 2.47. The minimum Gasteiger partial charge on any atom is -0.264 e. The van der Waals surface area contributed by atoms with Crippen molar-refractivity contribution in [3.05, 3.63) is 29.8 Å². The smallest absolute Gasteiger partial charge is 0.264 e. The predicted octanol–water partition coefficient (Wildman–Crippen LogP) is 3.37. The van der Waals surface area contributed by atoms with Crippen LogP contribution in [0, 0.1) is 6.92 Å². The molecule has 0 aromatic heterocycles. The van der Waals surface area contributed by atoms with Gasteiger partial charge >= 0.3 is 15.6 Å². The van der Waals surface area contributed by atoms with Crippen molar-refractivity contribution < 1.29 is 38.4 Å². The molecule has 0 N–H and O–H groups in total. The van der Waals surface area contributed by atoms with E-state index in [0.29, 0.717) is 0 Å². The molecule has 11 heteroatoms. The number of alkyl halides is 3. The van der Waals surface area contributed by atoms with Crippen LogP contribution in [0.1, 0.15) is 33.3 Å². The van der Waals surface area contributed by atoms with Gasteiger partial charge in [0.05, 0.1) is 17.1 Å². The zero-order chi connectivity index (χ0) is 20.1. The summed E-state index contributed by atoms with van der Waals surface area (Å²) in [4.78, 5) is 0.205. The summed E-state index contributed by atoms with van der Waals surface area (Å²) < 4.78 is 86.2. The molecule has 25 heavy (non-hydrogen) atoms. The van der Waals surface area contributed by atoms with E-state index < -0.39 is 31.8 Å². The first-order valence-electron chi connectivity index (χ1n) is 7.08. The first-order valence-corrected chi connectivity index (χ1v) is 9.89.